The molecule has 1 aromatic carbocycles. The van der Waals surface area contributed by atoms with Crippen molar-refractivity contribution in [3.05, 3.63) is 33.8 Å². The maximum Gasteiger partial charge on any atom is 0.279 e. The highest BCUT2D eigenvalue weighted by molar-refractivity contribution is 9.10. The molecule has 0 bridgehead atoms. The molecule has 1 fully saturated rings. The molecule has 19 heavy (non-hydrogen) atoms. The summed E-state index contributed by atoms with van der Waals surface area (Å²) in [5.41, 5.74) is 2.47. The van der Waals surface area contributed by atoms with Gasteiger partial charge in [-0.1, -0.05) is 33.8 Å². The fourth-order valence-corrected chi connectivity index (χ4v) is 3.72. The molecule has 3 rings (SSSR count). The van der Waals surface area contributed by atoms with Crippen LogP contribution in [0, 0.1) is 0 Å². The molecule has 2 atom stereocenters. The normalized spacial score (nSPS) is 25.0. The highest BCUT2D eigenvalue weighted by Gasteiger charge is 2.31. The minimum absolute atomic E-state index is 0.0677. The van der Waals surface area contributed by atoms with Gasteiger partial charge in [0.05, 0.1) is 6.04 Å². The Labute approximate surface area is 123 Å². The minimum atomic E-state index is -0.392. The lowest BCUT2D eigenvalue weighted by molar-refractivity contribution is -0.123. The van der Waals surface area contributed by atoms with Crippen molar-refractivity contribution in [1.29, 1.82) is 0 Å². The van der Waals surface area contributed by atoms with E-state index >= 15 is 0 Å². The Kier molecular flexibility index (Phi) is 3.54. The van der Waals surface area contributed by atoms with Gasteiger partial charge in [-0.25, -0.2) is 0 Å². The van der Waals surface area contributed by atoms with Gasteiger partial charge in [-0.15, -0.1) is 0 Å². The lowest BCUT2D eigenvalue weighted by Gasteiger charge is -2.17. The molecule has 4 nitrogen and oxygen atoms in total. The van der Waals surface area contributed by atoms with Crippen molar-refractivity contribution >= 4 is 38.8 Å². The van der Waals surface area contributed by atoms with Crippen LogP contribution in [-0.4, -0.2) is 22.9 Å². The summed E-state index contributed by atoms with van der Waals surface area (Å²) in [4.78, 5) is 23.2. The third-order valence-electron chi connectivity index (χ3n) is 3.49. The van der Waals surface area contributed by atoms with Crippen LogP contribution in [0.2, 0.25) is 0 Å². The summed E-state index contributed by atoms with van der Waals surface area (Å²) in [5.74, 6) is 0.434. The summed E-state index contributed by atoms with van der Waals surface area (Å²) in [7, 11) is 0. The van der Waals surface area contributed by atoms with Crippen LogP contribution in [0.3, 0.4) is 0 Å². The van der Waals surface area contributed by atoms with E-state index in [0.717, 1.165) is 29.1 Å². The highest BCUT2D eigenvalue weighted by atomic mass is 79.9. The molecule has 1 aliphatic heterocycles. The summed E-state index contributed by atoms with van der Waals surface area (Å²) in [6, 6.07) is 5.83. The number of carbonyl (C=O) groups is 2. The number of rotatable bonds is 2. The molecule has 2 N–H and O–H groups in total. The van der Waals surface area contributed by atoms with Gasteiger partial charge in [0.25, 0.3) is 5.24 Å². The Morgan fingerprint density at radius 3 is 3.05 bits per heavy atom. The van der Waals surface area contributed by atoms with Crippen LogP contribution >= 0.6 is 27.7 Å². The van der Waals surface area contributed by atoms with Crippen molar-refractivity contribution in [1.82, 2.24) is 10.6 Å². The van der Waals surface area contributed by atoms with Crippen LogP contribution < -0.4 is 10.6 Å². The van der Waals surface area contributed by atoms with Crippen LogP contribution in [0.1, 0.15) is 23.6 Å². The Morgan fingerprint density at radius 2 is 2.32 bits per heavy atom. The van der Waals surface area contributed by atoms with Gasteiger partial charge in [0.2, 0.25) is 5.91 Å². The number of thioether (sulfide) groups is 1. The zero-order chi connectivity index (χ0) is 13.4. The molecule has 100 valence electrons. The number of hydrogen-bond donors (Lipinski definition) is 2. The first kappa shape index (κ1) is 13.0. The molecule has 0 saturated carbocycles. The number of hydrogen-bond acceptors (Lipinski definition) is 3. The van der Waals surface area contributed by atoms with Crippen molar-refractivity contribution in [2.75, 3.05) is 5.75 Å². The maximum absolute atomic E-state index is 12.1. The molecule has 1 saturated heterocycles. The van der Waals surface area contributed by atoms with Crippen LogP contribution in [0.5, 0.6) is 0 Å². The minimum Gasteiger partial charge on any atom is -0.347 e. The molecular weight excluding hydrogens is 328 g/mol. The Hall–Kier alpha value is -1.01. The van der Waals surface area contributed by atoms with Crippen LogP contribution in [-0.2, 0) is 11.2 Å². The van der Waals surface area contributed by atoms with E-state index < -0.39 is 6.04 Å². The molecule has 2 aliphatic rings. The number of halogens is 1. The quantitative estimate of drug-likeness (QED) is 0.868. The second-order valence-corrected chi connectivity index (χ2v) is 6.65. The fourth-order valence-electron chi connectivity index (χ4n) is 2.53. The summed E-state index contributed by atoms with van der Waals surface area (Å²) in [6.45, 7) is 0. The number of fused-ring (bicyclic) bond motifs is 1. The molecule has 2 amide bonds. The van der Waals surface area contributed by atoms with E-state index in [1.165, 1.54) is 11.1 Å². The van der Waals surface area contributed by atoms with E-state index in [0.29, 0.717) is 5.75 Å². The molecule has 6 heteroatoms. The summed E-state index contributed by atoms with van der Waals surface area (Å²) in [6.07, 6.45) is 1.90. The highest BCUT2D eigenvalue weighted by Crippen LogP contribution is 2.33. The SMILES string of the molecule is O=C1NC(C(=O)NC2CCc3cc(Br)ccc32)CS1. The van der Waals surface area contributed by atoms with Crippen molar-refractivity contribution in [2.45, 2.75) is 24.9 Å². The molecule has 2 unspecified atom stereocenters. The topological polar surface area (TPSA) is 58.2 Å². The summed E-state index contributed by atoms with van der Waals surface area (Å²) >= 11 is 4.62. The second-order valence-electron chi connectivity index (χ2n) is 4.74. The first-order valence-corrected chi connectivity index (χ1v) is 7.93. The lowest BCUT2D eigenvalue weighted by Crippen LogP contribution is -2.43. The maximum atomic E-state index is 12.1. The van der Waals surface area contributed by atoms with Crippen LogP contribution in [0.25, 0.3) is 0 Å². The first-order chi connectivity index (χ1) is 9.13. The van der Waals surface area contributed by atoms with Crippen LogP contribution in [0.15, 0.2) is 22.7 Å². The van der Waals surface area contributed by atoms with Gasteiger partial charge >= 0.3 is 0 Å². The van der Waals surface area contributed by atoms with E-state index in [9.17, 15) is 9.59 Å². The molecule has 0 aromatic heterocycles. The predicted octanol–water partition coefficient (Wildman–Crippen LogP) is 2.38. The molecular formula is C13H13BrN2O2S. The number of nitrogens with one attached hydrogen (secondary N) is 2. The van der Waals surface area contributed by atoms with E-state index in [2.05, 4.69) is 38.7 Å². The van der Waals surface area contributed by atoms with E-state index in [4.69, 9.17) is 0 Å². The number of amides is 2. The lowest BCUT2D eigenvalue weighted by atomic mass is 10.1. The van der Waals surface area contributed by atoms with Crippen molar-refractivity contribution < 1.29 is 9.59 Å². The molecule has 0 radical (unpaired) electrons. The Morgan fingerprint density at radius 1 is 1.47 bits per heavy atom. The van der Waals surface area contributed by atoms with Gasteiger partial charge in [-0.05, 0) is 36.1 Å². The third kappa shape index (κ3) is 2.65. The average molecular weight is 341 g/mol. The van der Waals surface area contributed by atoms with Crippen molar-refractivity contribution in [3.8, 4) is 0 Å². The summed E-state index contributed by atoms with van der Waals surface area (Å²) < 4.78 is 1.07. The Balaban J connectivity index is 1.69. The van der Waals surface area contributed by atoms with E-state index in [-0.39, 0.29) is 17.2 Å². The number of benzene rings is 1. The predicted molar refractivity (Wildman–Crippen MR) is 78.1 cm³/mol. The van der Waals surface area contributed by atoms with Gasteiger partial charge in [-0.3, -0.25) is 9.59 Å². The number of carbonyl (C=O) groups excluding carboxylic acids is 2. The zero-order valence-corrected chi connectivity index (χ0v) is 12.5. The molecule has 0 spiro atoms. The second kappa shape index (κ2) is 5.17. The molecule has 1 aromatic rings. The van der Waals surface area contributed by atoms with E-state index in [1.54, 1.807) is 0 Å². The number of aryl methyl sites for hydroxylation is 1. The smallest absolute Gasteiger partial charge is 0.279 e. The van der Waals surface area contributed by atoms with Crippen molar-refractivity contribution in [2.24, 2.45) is 0 Å². The van der Waals surface area contributed by atoms with E-state index in [1.807, 2.05) is 6.07 Å². The van der Waals surface area contributed by atoms with Crippen LogP contribution in [0.4, 0.5) is 4.79 Å². The summed E-state index contributed by atoms with van der Waals surface area (Å²) in [5, 5.41) is 5.58. The van der Waals surface area contributed by atoms with Crippen molar-refractivity contribution in [3.63, 3.8) is 0 Å². The molecule has 1 heterocycles. The van der Waals surface area contributed by atoms with Gasteiger partial charge in [0.1, 0.15) is 6.04 Å². The Bertz CT molecular complexity index is 549. The van der Waals surface area contributed by atoms with Gasteiger partial charge < -0.3 is 10.6 Å². The molecule has 1 aliphatic carbocycles. The standard InChI is InChI=1S/C13H13BrN2O2S/c14-8-2-3-9-7(5-8)1-4-10(9)15-12(17)11-6-19-13(18)16-11/h2-3,5,10-11H,1,4,6H2,(H,15,17)(H,16,18). The fraction of sp³-hybridized carbons (Fsp3) is 0.385. The largest absolute Gasteiger partial charge is 0.347 e. The first-order valence-electron chi connectivity index (χ1n) is 6.15. The van der Waals surface area contributed by atoms with Gasteiger partial charge in [0.15, 0.2) is 0 Å². The third-order valence-corrected chi connectivity index (χ3v) is 4.86. The zero-order valence-electron chi connectivity index (χ0n) is 10.1. The monoisotopic (exact) mass is 340 g/mol. The van der Waals surface area contributed by atoms with Gasteiger partial charge in [-0.2, -0.15) is 0 Å². The van der Waals surface area contributed by atoms with Gasteiger partial charge in [0, 0.05) is 10.2 Å². The average Bonchev–Trinajstić information content (AvgIpc) is 2.96.